The summed E-state index contributed by atoms with van der Waals surface area (Å²) in [7, 11) is 4.48. The quantitative estimate of drug-likeness (QED) is 0.275. The lowest BCUT2D eigenvalue weighted by atomic mass is 9.75. The van der Waals surface area contributed by atoms with Crippen LogP contribution in [0.1, 0.15) is 55.7 Å². The third-order valence-electron chi connectivity index (χ3n) is 10.2. The second-order valence-corrected chi connectivity index (χ2v) is 12.7. The van der Waals surface area contributed by atoms with Gasteiger partial charge in [-0.15, -0.1) is 0 Å². The fourth-order valence-corrected chi connectivity index (χ4v) is 7.59. The lowest BCUT2D eigenvalue weighted by Gasteiger charge is -2.45. The molecule has 2 bridgehead atoms. The van der Waals surface area contributed by atoms with E-state index in [1.54, 1.807) is 50.4 Å². The van der Waals surface area contributed by atoms with E-state index >= 15 is 4.79 Å². The molecular weight excluding hydrogens is 604 g/mol. The molecule has 0 radical (unpaired) electrons. The Morgan fingerprint density at radius 2 is 1.70 bits per heavy atom. The van der Waals surface area contributed by atoms with Gasteiger partial charge in [0.1, 0.15) is 46.5 Å². The predicted octanol–water partition coefficient (Wildman–Crippen LogP) is 3.19. The van der Waals surface area contributed by atoms with Crippen LogP contribution in [0.5, 0.6) is 23.0 Å². The summed E-state index contributed by atoms with van der Waals surface area (Å²) < 4.78 is 23.6. The standard InChI is InChI=1S/C36H42N2O9/c1-6-34(2,42)33(41)37-27-13-10-18-38(27)31(39)30-28(21-11-8-7-9-12-21)36(22-14-16-23(44-3)17-15-22)32(40)35(30,43)29-25(46-5)19-24(45-4)20-26(29)47-36/h7-9,11-12,14-17,19-20,27-28,30,32,40,42-43H,6,10,13,18H2,1-5H3,(H,37,41)/t27?,28-,30+,32?,34?,35+,36-/m1/s1. The van der Waals surface area contributed by atoms with E-state index in [-0.39, 0.29) is 23.5 Å². The lowest BCUT2D eigenvalue weighted by molar-refractivity contribution is -0.168. The van der Waals surface area contributed by atoms with Gasteiger partial charge >= 0.3 is 0 Å². The minimum atomic E-state index is -2.23. The van der Waals surface area contributed by atoms with Crippen molar-refractivity contribution < 1.29 is 43.9 Å². The van der Waals surface area contributed by atoms with Crippen LogP contribution in [0.4, 0.5) is 0 Å². The van der Waals surface area contributed by atoms with Crippen molar-refractivity contribution in [1.82, 2.24) is 10.2 Å². The van der Waals surface area contributed by atoms with Crippen LogP contribution in [0.25, 0.3) is 0 Å². The number of hydrogen-bond acceptors (Lipinski definition) is 9. The van der Waals surface area contributed by atoms with Crippen molar-refractivity contribution in [2.45, 2.75) is 68.1 Å². The fourth-order valence-electron chi connectivity index (χ4n) is 7.59. The molecule has 4 N–H and O–H groups in total. The minimum Gasteiger partial charge on any atom is -0.497 e. The molecule has 2 amide bonds. The Hall–Kier alpha value is -4.32. The van der Waals surface area contributed by atoms with Crippen LogP contribution in [0.3, 0.4) is 0 Å². The van der Waals surface area contributed by atoms with Crippen LogP contribution < -0.4 is 24.3 Å². The molecule has 11 nitrogen and oxygen atoms in total. The van der Waals surface area contributed by atoms with Gasteiger partial charge in [-0.25, -0.2) is 0 Å². The van der Waals surface area contributed by atoms with Gasteiger partial charge in [-0.05, 0) is 49.4 Å². The number of rotatable bonds is 9. The molecule has 0 aromatic heterocycles. The van der Waals surface area contributed by atoms with Crippen molar-refractivity contribution in [2.24, 2.45) is 5.92 Å². The summed E-state index contributed by atoms with van der Waals surface area (Å²) in [6, 6.07) is 19.4. The number of methoxy groups -OCH3 is 3. The number of aliphatic hydroxyl groups excluding tert-OH is 1. The second kappa shape index (κ2) is 12.0. The highest BCUT2D eigenvalue weighted by atomic mass is 16.5. The molecule has 1 aliphatic carbocycles. The first kappa shape index (κ1) is 32.6. The van der Waals surface area contributed by atoms with Gasteiger partial charge in [0.15, 0.2) is 5.60 Å². The number of carbonyl (C=O) groups excluding carboxylic acids is 2. The summed E-state index contributed by atoms with van der Waals surface area (Å²) in [5.41, 5.74) is -4.22. The van der Waals surface area contributed by atoms with Gasteiger partial charge in [0.05, 0.1) is 32.8 Å². The zero-order chi connectivity index (χ0) is 33.7. The molecule has 6 rings (SSSR count). The van der Waals surface area contributed by atoms with Crippen LogP contribution in [0.15, 0.2) is 66.7 Å². The van der Waals surface area contributed by atoms with Crippen molar-refractivity contribution in [3.63, 3.8) is 0 Å². The Bertz CT molecular complexity index is 1650. The second-order valence-electron chi connectivity index (χ2n) is 12.7. The van der Waals surface area contributed by atoms with E-state index in [4.69, 9.17) is 18.9 Å². The summed E-state index contributed by atoms with van der Waals surface area (Å²) in [4.78, 5) is 29.8. The summed E-state index contributed by atoms with van der Waals surface area (Å²) in [5, 5.41) is 39.2. The van der Waals surface area contributed by atoms with Gasteiger partial charge in [-0.3, -0.25) is 9.59 Å². The maximum atomic E-state index is 15.1. The number of nitrogens with zero attached hydrogens (tertiary/aromatic N) is 1. The number of fused-ring (bicyclic) bond motifs is 4. The number of carbonyl (C=O) groups is 2. The summed E-state index contributed by atoms with van der Waals surface area (Å²) in [5.74, 6) is -1.95. The predicted molar refractivity (Wildman–Crippen MR) is 171 cm³/mol. The lowest BCUT2D eigenvalue weighted by Crippen LogP contribution is -2.57. The van der Waals surface area contributed by atoms with E-state index in [1.807, 2.05) is 30.3 Å². The smallest absolute Gasteiger partial charge is 0.253 e. The zero-order valence-corrected chi connectivity index (χ0v) is 27.2. The SMILES string of the molecule is CCC(C)(O)C(=O)NC1CCCN1C(=O)[C@@H]1[C@@H](c2ccccc2)[C@@]2(c3ccc(OC)cc3)Oc3cc(OC)cc(OC)c3[C@@]1(O)C2O. The Balaban J connectivity index is 1.59. The highest BCUT2D eigenvalue weighted by molar-refractivity contribution is 5.87. The number of aliphatic hydroxyl groups is 3. The van der Waals surface area contributed by atoms with E-state index in [0.717, 1.165) is 0 Å². The van der Waals surface area contributed by atoms with Crippen LogP contribution in [-0.2, 0) is 20.8 Å². The maximum Gasteiger partial charge on any atom is 0.253 e. The van der Waals surface area contributed by atoms with Crippen LogP contribution in [0, 0.1) is 5.92 Å². The van der Waals surface area contributed by atoms with Crippen LogP contribution in [-0.4, -0.2) is 77.8 Å². The molecule has 3 aliphatic rings. The topological polar surface area (TPSA) is 147 Å². The van der Waals surface area contributed by atoms with Gasteiger partial charge in [-0.1, -0.05) is 49.4 Å². The molecule has 3 aromatic rings. The Morgan fingerprint density at radius 1 is 1.02 bits per heavy atom. The number of benzene rings is 3. The number of amides is 2. The van der Waals surface area contributed by atoms with Crippen LogP contribution in [0.2, 0.25) is 0 Å². The van der Waals surface area contributed by atoms with Crippen molar-refractivity contribution in [1.29, 1.82) is 0 Å². The van der Waals surface area contributed by atoms with Crippen molar-refractivity contribution >= 4 is 11.8 Å². The molecule has 2 fully saturated rings. The number of nitrogens with one attached hydrogen (secondary N) is 1. The van der Waals surface area contributed by atoms with Gasteiger partial charge in [-0.2, -0.15) is 0 Å². The van der Waals surface area contributed by atoms with Crippen molar-refractivity contribution in [3.05, 3.63) is 83.4 Å². The summed E-state index contributed by atoms with van der Waals surface area (Å²) >= 11 is 0. The third-order valence-corrected chi connectivity index (χ3v) is 10.2. The largest absolute Gasteiger partial charge is 0.497 e. The molecule has 7 atom stereocenters. The first-order valence-electron chi connectivity index (χ1n) is 15.9. The first-order chi connectivity index (χ1) is 22.5. The minimum absolute atomic E-state index is 0.128. The van der Waals surface area contributed by atoms with E-state index < -0.39 is 52.7 Å². The third kappa shape index (κ3) is 4.90. The first-order valence-corrected chi connectivity index (χ1v) is 15.9. The molecule has 47 heavy (non-hydrogen) atoms. The van der Waals surface area contributed by atoms with Gasteiger partial charge in [0.25, 0.3) is 5.91 Å². The van der Waals surface area contributed by atoms with E-state index in [2.05, 4.69) is 5.32 Å². The normalized spacial score (nSPS) is 28.9. The highest BCUT2D eigenvalue weighted by Crippen LogP contribution is 2.68. The monoisotopic (exact) mass is 646 g/mol. The number of ether oxygens (including phenoxy) is 4. The van der Waals surface area contributed by atoms with Gasteiger partial charge < -0.3 is 44.5 Å². The summed E-state index contributed by atoms with van der Waals surface area (Å²) in [6.45, 7) is 3.43. The molecular formula is C36H42N2O9. The molecule has 250 valence electrons. The fraction of sp³-hybridized carbons (Fsp3) is 0.444. The summed E-state index contributed by atoms with van der Waals surface area (Å²) in [6.07, 6.45) is -1.16. The maximum absolute atomic E-state index is 15.1. The highest BCUT2D eigenvalue weighted by Gasteiger charge is 2.76. The number of hydrogen-bond donors (Lipinski definition) is 4. The van der Waals surface area contributed by atoms with E-state index in [9.17, 15) is 20.1 Å². The molecule has 3 unspecified atom stereocenters. The van der Waals surface area contributed by atoms with Crippen molar-refractivity contribution in [3.8, 4) is 23.0 Å². The van der Waals surface area contributed by atoms with Gasteiger partial charge in [0.2, 0.25) is 5.91 Å². The molecule has 1 saturated carbocycles. The average Bonchev–Trinajstić information content (AvgIpc) is 3.60. The molecule has 1 saturated heterocycles. The number of likely N-dealkylation sites (tertiary alicyclic amines) is 1. The molecule has 11 heteroatoms. The Kier molecular flexibility index (Phi) is 8.36. The molecule has 3 aromatic carbocycles. The van der Waals surface area contributed by atoms with Gasteiger partial charge in [0, 0.05) is 24.6 Å². The zero-order valence-electron chi connectivity index (χ0n) is 27.2. The van der Waals surface area contributed by atoms with Crippen LogP contribution >= 0.6 is 0 Å². The van der Waals surface area contributed by atoms with E-state index in [1.165, 1.54) is 26.0 Å². The molecule has 2 aliphatic heterocycles. The Morgan fingerprint density at radius 3 is 2.32 bits per heavy atom. The average molecular weight is 647 g/mol. The molecule has 0 spiro atoms. The van der Waals surface area contributed by atoms with E-state index in [0.29, 0.717) is 42.0 Å². The Labute approximate surface area is 274 Å². The van der Waals surface area contributed by atoms with Crippen molar-refractivity contribution in [2.75, 3.05) is 27.9 Å². The molecule has 2 heterocycles.